The van der Waals surface area contributed by atoms with Gasteiger partial charge in [0.2, 0.25) is 6.57 Å². The van der Waals surface area contributed by atoms with Crippen molar-refractivity contribution in [3.05, 3.63) is 0 Å². The fourth-order valence-electron chi connectivity index (χ4n) is 1.70. The Labute approximate surface area is 125 Å². The van der Waals surface area contributed by atoms with Crippen molar-refractivity contribution in [2.75, 3.05) is 39.2 Å². The van der Waals surface area contributed by atoms with Gasteiger partial charge in [0.15, 0.2) is 5.17 Å². The van der Waals surface area contributed by atoms with E-state index in [2.05, 4.69) is 23.8 Å². The topological polar surface area (TPSA) is 46.1 Å². The highest BCUT2D eigenvalue weighted by Gasteiger charge is 2.22. The molecule has 19 heavy (non-hydrogen) atoms. The van der Waals surface area contributed by atoms with Gasteiger partial charge in [0, 0.05) is 19.1 Å². The maximum atomic E-state index is 5.72. The Hall–Kier alpha value is 0.350. The Balaban J connectivity index is 2.86. The summed E-state index contributed by atoms with van der Waals surface area (Å²) in [6.07, 6.45) is 2.02. The largest absolute Gasteiger partial charge is 0.378 e. The number of amidine groups is 1. The molecule has 0 saturated carbocycles. The second-order valence-corrected chi connectivity index (χ2v) is 8.42. The minimum atomic E-state index is -2.35. The van der Waals surface area contributed by atoms with E-state index in [0.29, 0.717) is 6.61 Å². The molecule has 1 fully saturated rings. The quantitative estimate of drug-likeness (QED) is 0.475. The summed E-state index contributed by atoms with van der Waals surface area (Å²) in [7, 11) is 0. The Morgan fingerprint density at radius 1 is 1.53 bits per heavy atom. The number of hydrogen-bond donors (Lipinski definition) is 1. The van der Waals surface area contributed by atoms with Crippen molar-refractivity contribution < 1.29 is 9.26 Å². The highest BCUT2D eigenvalue weighted by molar-refractivity contribution is 8.15. The van der Waals surface area contributed by atoms with Crippen LogP contribution in [-0.4, -0.2) is 55.3 Å². The van der Waals surface area contributed by atoms with Crippen LogP contribution in [0.15, 0.2) is 4.76 Å². The zero-order chi connectivity index (χ0) is 14.3. The van der Waals surface area contributed by atoms with E-state index >= 15 is 0 Å². The van der Waals surface area contributed by atoms with E-state index in [-0.39, 0.29) is 6.04 Å². The highest BCUT2D eigenvalue weighted by Crippen LogP contribution is 2.46. The fraction of sp³-hybridized carbons (Fsp3) is 0.909. The van der Waals surface area contributed by atoms with Crippen LogP contribution in [0.3, 0.4) is 0 Å². The van der Waals surface area contributed by atoms with Crippen LogP contribution in [0.5, 0.6) is 0 Å². The van der Waals surface area contributed by atoms with Crippen LogP contribution in [0.1, 0.15) is 20.8 Å². The van der Waals surface area contributed by atoms with Crippen molar-refractivity contribution in [2.24, 2.45) is 4.76 Å². The van der Waals surface area contributed by atoms with E-state index in [1.54, 1.807) is 11.8 Å². The van der Waals surface area contributed by atoms with Gasteiger partial charge in [-0.3, -0.25) is 0 Å². The number of thioether (sulfide) groups is 1. The maximum absolute atomic E-state index is 5.72. The number of rotatable bonds is 5. The molecule has 1 heterocycles. The summed E-state index contributed by atoms with van der Waals surface area (Å²) in [5.74, 6) is 0. The Morgan fingerprint density at radius 2 is 2.16 bits per heavy atom. The first-order valence-electron chi connectivity index (χ1n) is 6.50. The van der Waals surface area contributed by atoms with Crippen molar-refractivity contribution in [1.29, 1.82) is 0 Å². The van der Waals surface area contributed by atoms with E-state index in [4.69, 9.17) is 25.8 Å². The number of nitrogens with one attached hydrogen (secondary N) is 1. The van der Waals surface area contributed by atoms with E-state index in [0.717, 1.165) is 31.5 Å². The van der Waals surface area contributed by atoms with Crippen LogP contribution >= 0.6 is 18.3 Å². The summed E-state index contributed by atoms with van der Waals surface area (Å²) in [6, 6.07) is 0.258. The summed E-state index contributed by atoms with van der Waals surface area (Å²) >= 11 is 7.23. The molecule has 1 rings (SSSR count). The van der Waals surface area contributed by atoms with Crippen molar-refractivity contribution in [3.8, 4) is 0 Å². The summed E-state index contributed by atoms with van der Waals surface area (Å²) in [5, 5.41) is 4.26. The molecule has 112 valence electrons. The summed E-state index contributed by atoms with van der Waals surface area (Å²) in [4.78, 5) is 2.22. The Morgan fingerprint density at radius 3 is 2.63 bits per heavy atom. The average molecular weight is 325 g/mol. The van der Waals surface area contributed by atoms with Crippen molar-refractivity contribution >= 4 is 35.3 Å². The van der Waals surface area contributed by atoms with E-state index in [9.17, 15) is 0 Å². The van der Waals surface area contributed by atoms with Crippen LogP contribution in [0.25, 0.3) is 0 Å². The van der Waals surface area contributed by atoms with Crippen LogP contribution in [-0.2, 0) is 21.1 Å². The normalized spacial score (nSPS) is 20.7. The molecule has 0 amide bonds. The fourth-order valence-corrected chi connectivity index (χ4v) is 5.69. The third-order valence-corrected chi connectivity index (χ3v) is 6.04. The van der Waals surface area contributed by atoms with Gasteiger partial charge in [0.25, 0.3) is 0 Å². The van der Waals surface area contributed by atoms with Gasteiger partial charge in [-0.25, -0.2) is 5.09 Å². The average Bonchev–Trinajstić information content (AvgIpc) is 2.36. The molecular formula is C11H24N3O2PS2. The van der Waals surface area contributed by atoms with Crippen molar-refractivity contribution in [2.45, 2.75) is 26.8 Å². The second-order valence-electron chi connectivity index (χ2n) is 4.41. The molecule has 1 N–H and O–H groups in total. The predicted molar refractivity (Wildman–Crippen MR) is 87.5 cm³/mol. The lowest BCUT2D eigenvalue weighted by atomic mass is 10.4. The SMILES string of the molecule is CCOP(=S)(N=C(SC)N1CCOCC1)NC(C)C. The molecular weight excluding hydrogens is 301 g/mol. The highest BCUT2D eigenvalue weighted by atomic mass is 32.4. The van der Waals surface area contributed by atoms with Gasteiger partial charge >= 0.3 is 0 Å². The van der Waals surface area contributed by atoms with Gasteiger partial charge in [-0.15, -0.1) is 0 Å². The first-order valence-corrected chi connectivity index (χ1v) is 10.4. The molecule has 1 saturated heterocycles. The van der Waals surface area contributed by atoms with Crippen LogP contribution in [0, 0.1) is 0 Å². The molecule has 0 spiro atoms. The minimum absolute atomic E-state index is 0.258. The number of hydrogen-bond acceptors (Lipinski definition) is 4. The molecule has 0 aromatic rings. The zero-order valence-corrected chi connectivity index (χ0v) is 14.6. The summed E-state index contributed by atoms with van der Waals surface area (Å²) in [6.45, 7) is 7.51. The standard InChI is InChI=1S/C11H24N3O2PS2/c1-5-16-17(18,12-10(2)3)13-11(19-4)14-6-8-15-9-7-14/h10H,5-9H2,1-4H3,(H,12,18). The summed E-state index contributed by atoms with van der Waals surface area (Å²) in [5.41, 5.74) is 0. The number of morpholine rings is 1. The lowest BCUT2D eigenvalue weighted by molar-refractivity contribution is 0.0694. The molecule has 0 aromatic carbocycles. The molecule has 1 aliphatic rings. The molecule has 1 unspecified atom stereocenters. The molecule has 1 atom stereocenters. The van der Waals surface area contributed by atoms with Gasteiger partial charge in [-0.2, -0.15) is 4.76 Å². The smallest absolute Gasteiger partial charge is 0.247 e. The number of nitrogens with zero attached hydrogens (tertiary/aromatic N) is 2. The Kier molecular flexibility index (Phi) is 7.87. The lowest BCUT2D eigenvalue weighted by Crippen LogP contribution is -2.39. The van der Waals surface area contributed by atoms with Crippen LogP contribution < -0.4 is 5.09 Å². The predicted octanol–water partition coefficient (Wildman–Crippen LogP) is 2.30. The molecule has 0 bridgehead atoms. The monoisotopic (exact) mass is 325 g/mol. The minimum Gasteiger partial charge on any atom is -0.378 e. The van der Waals surface area contributed by atoms with Gasteiger partial charge in [0.05, 0.1) is 19.8 Å². The van der Waals surface area contributed by atoms with Crippen LogP contribution in [0.4, 0.5) is 0 Å². The lowest BCUT2D eigenvalue weighted by Gasteiger charge is -2.30. The van der Waals surface area contributed by atoms with Gasteiger partial charge in [-0.05, 0) is 38.8 Å². The van der Waals surface area contributed by atoms with E-state index in [1.807, 2.05) is 13.2 Å². The molecule has 0 radical (unpaired) electrons. The number of ether oxygens (including phenoxy) is 1. The van der Waals surface area contributed by atoms with E-state index < -0.39 is 6.57 Å². The first-order chi connectivity index (χ1) is 9.00. The molecule has 0 aromatic heterocycles. The van der Waals surface area contributed by atoms with Crippen molar-refractivity contribution in [1.82, 2.24) is 9.99 Å². The molecule has 8 heteroatoms. The third-order valence-electron chi connectivity index (χ3n) is 2.41. The van der Waals surface area contributed by atoms with Crippen LogP contribution in [0.2, 0.25) is 0 Å². The first kappa shape index (κ1) is 17.4. The third kappa shape index (κ3) is 6.10. The van der Waals surface area contributed by atoms with Gasteiger partial charge < -0.3 is 14.2 Å². The van der Waals surface area contributed by atoms with Crippen molar-refractivity contribution in [3.63, 3.8) is 0 Å². The molecule has 0 aliphatic carbocycles. The molecule has 5 nitrogen and oxygen atoms in total. The van der Waals surface area contributed by atoms with Gasteiger partial charge in [0.1, 0.15) is 0 Å². The summed E-state index contributed by atoms with van der Waals surface area (Å²) < 4.78 is 15.8. The zero-order valence-electron chi connectivity index (χ0n) is 12.1. The van der Waals surface area contributed by atoms with Gasteiger partial charge in [-0.1, -0.05) is 11.8 Å². The molecule has 1 aliphatic heterocycles. The van der Waals surface area contributed by atoms with E-state index in [1.165, 1.54) is 0 Å². The second kappa shape index (κ2) is 8.60. The maximum Gasteiger partial charge on any atom is 0.247 e. The Bertz CT molecular complexity index is 347.